The van der Waals surface area contributed by atoms with E-state index in [1.54, 1.807) is 6.92 Å². The summed E-state index contributed by atoms with van der Waals surface area (Å²) in [7, 11) is 0. The maximum Gasteiger partial charge on any atom is 0.322 e. The molecule has 0 radical (unpaired) electrons. The molecule has 0 amide bonds. The van der Waals surface area contributed by atoms with Gasteiger partial charge in [0.1, 0.15) is 6.04 Å². The smallest absolute Gasteiger partial charge is 0.322 e. The Morgan fingerprint density at radius 3 is 2.60 bits per heavy atom. The van der Waals surface area contributed by atoms with Crippen molar-refractivity contribution in [1.82, 2.24) is 0 Å². The molecule has 0 aromatic heterocycles. The van der Waals surface area contributed by atoms with Crippen LogP contribution in [0.3, 0.4) is 0 Å². The SMILES string of the molecule is CCOC(=O)C(N)CCOC1CC2CCC1(C)C2(C)C. The highest BCUT2D eigenvalue weighted by Gasteiger charge is 2.61. The molecule has 0 saturated heterocycles. The molecule has 2 saturated carbocycles. The van der Waals surface area contributed by atoms with Gasteiger partial charge in [0.2, 0.25) is 0 Å². The van der Waals surface area contributed by atoms with Gasteiger partial charge in [-0.25, -0.2) is 0 Å². The largest absolute Gasteiger partial charge is 0.465 e. The molecule has 4 atom stereocenters. The molecule has 2 aliphatic carbocycles. The number of carbonyl (C=O) groups is 1. The van der Waals surface area contributed by atoms with Crippen molar-refractivity contribution in [2.75, 3.05) is 13.2 Å². The lowest BCUT2D eigenvalue weighted by Gasteiger charge is -2.39. The Kier molecular flexibility index (Phi) is 4.45. The third kappa shape index (κ3) is 2.48. The fraction of sp³-hybridized carbons (Fsp3) is 0.938. The van der Waals surface area contributed by atoms with E-state index in [1.807, 2.05) is 0 Å². The van der Waals surface area contributed by atoms with Crippen LogP contribution in [0.15, 0.2) is 0 Å². The van der Waals surface area contributed by atoms with Gasteiger partial charge in [-0.2, -0.15) is 0 Å². The van der Waals surface area contributed by atoms with Gasteiger partial charge in [0.25, 0.3) is 0 Å². The minimum Gasteiger partial charge on any atom is -0.465 e. The van der Waals surface area contributed by atoms with Gasteiger partial charge in [-0.15, -0.1) is 0 Å². The highest BCUT2D eigenvalue weighted by molar-refractivity contribution is 5.75. The molecule has 4 heteroatoms. The molecule has 2 fully saturated rings. The minimum absolute atomic E-state index is 0.270. The van der Waals surface area contributed by atoms with Crippen molar-refractivity contribution in [3.8, 4) is 0 Å². The van der Waals surface area contributed by atoms with Gasteiger partial charge < -0.3 is 15.2 Å². The highest BCUT2D eigenvalue weighted by Crippen LogP contribution is 2.66. The molecule has 4 nitrogen and oxygen atoms in total. The summed E-state index contributed by atoms with van der Waals surface area (Å²) in [6, 6.07) is -0.561. The Hall–Kier alpha value is -0.610. The van der Waals surface area contributed by atoms with Crippen LogP contribution in [0.5, 0.6) is 0 Å². The number of hydrogen-bond acceptors (Lipinski definition) is 4. The average Bonchev–Trinajstić information content (AvgIpc) is 2.72. The van der Waals surface area contributed by atoms with E-state index >= 15 is 0 Å². The Bertz CT molecular complexity index is 369. The van der Waals surface area contributed by atoms with E-state index in [2.05, 4.69) is 20.8 Å². The first-order valence-electron chi connectivity index (χ1n) is 7.86. The van der Waals surface area contributed by atoms with E-state index in [4.69, 9.17) is 15.2 Å². The lowest BCUT2D eigenvalue weighted by molar-refractivity contribution is -0.145. The third-order valence-electron chi connectivity index (χ3n) is 6.05. The molecule has 2 N–H and O–H groups in total. The number of esters is 1. The summed E-state index contributed by atoms with van der Waals surface area (Å²) in [5.74, 6) is 0.451. The number of fused-ring (bicyclic) bond motifs is 2. The molecule has 0 heterocycles. The Morgan fingerprint density at radius 1 is 1.40 bits per heavy atom. The second kappa shape index (κ2) is 5.64. The normalized spacial score (nSPS) is 36.0. The van der Waals surface area contributed by atoms with Crippen LogP contribution in [0, 0.1) is 16.7 Å². The Balaban J connectivity index is 1.80. The van der Waals surface area contributed by atoms with Crippen LogP contribution in [0.25, 0.3) is 0 Å². The first-order chi connectivity index (χ1) is 9.33. The van der Waals surface area contributed by atoms with E-state index < -0.39 is 6.04 Å². The number of carbonyl (C=O) groups excluding carboxylic acids is 1. The van der Waals surface area contributed by atoms with Crippen molar-refractivity contribution >= 4 is 5.97 Å². The van der Waals surface area contributed by atoms with Crippen LogP contribution in [-0.2, 0) is 14.3 Å². The number of rotatable bonds is 6. The van der Waals surface area contributed by atoms with Crippen molar-refractivity contribution in [3.05, 3.63) is 0 Å². The zero-order chi connectivity index (χ0) is 15.0. The van der Waals surface area contributed by atoms with Gasteiger partial charge in [-0.1, -0.05) is 20.8 Å². The zero-order valence-corrected chi connectivity index (χ0v) is 13.3. The van der Waals surface area contributed by atoms with Crippen molar-refractivity contribution in [3.63, 3.8) is 0 Å². The number of hydrogen-bond donors (Lipinski definition) is 1. The molecular formula is C16H29NO3. The molecule has 2 rings (SSSR count). The standard InChI is InChI=1S/C16H29NO3/c1-5-19-14(18)12(17)7-9-20-13-10-11-6-8-16(13,4)15(11,2)3/h11-13H,5-10,17H2,1-4H3. The topological polar surface area (TPSA) is 61.5 Å². The van der Waals surface area contributed by atoms with Gasteiger partial charge in [0.15, 0.2) is 0 Å². The first-order valence-corrected chi connectivity index (χ1v) is 7.86. The number of nitrogens with two attached hydrogens (primary N) is 1. The van der Waals surface area contributed by atoms with E-state index in [9.17, 15) is 4.79 Å². The molecule has 20 heavy (non-hydrogen) atoms. The highest BCUT2D eigenvalue weighted by atomic mass is 16.5. The zero-order valence-electron chi connectivity index (χ0n) is 13.3. The maximum absolute atomic E-state index is 11.5. The van der Waals surface area contributed by atoms with E-state index in [0.29, 0.717) is 31.2 Å². The van der Waals surface area contributed by atoms with E-state index in [-0.39, 0.29) is 11.4 Å². The molecule has 0 aromatic rings. The lowest BCUT2D eigenvalue weighted by atomic mass is 9.70. The predicted octanol–water partition coefficient (Wildman–Crippen LogP) is 2.50. The fourth-order valence-electron chi connectivity index (χ4n) is 4.09. The molecule has 2 aliphatic rings. The Morgan fingerprint density at radius 2 is 2.10 bits per heavy atom. The molecule has 116 valence electrons. The van der Waals surface area contributed by atoms with Crippen LogP contribution in [-0.4, -0.2) is 31.3 Å². The molecule has 0 aromatic carbocycles. The van der Waals surface area contributed by atoms with Crippen LogP contribution in [0.4, 0.5) is 0 Å². The van der Waals surface area contributed by atoms with Crippen molar-refractivity contribution in [2.24, 2.45) is 22.5 Å². The van der Waals surface area contributed by atoms with Gasteiger partial charge in [-0.05, 0) is 49.4 Å². The Labute approximate surface area is 122 Å². The molecule has 0 spiro atoms. The van der Waals surface area contributed by atoms with Crippen LogP contribution in [0.2, 0.25) is 0 Å². The predicted molar refractivity (Wildman–Crippen MR) is 78.2 cm³/mol. The summed E-state index contributed by atoms with van der Waals surface area (Å²) in [4.78, 5) is 11.5. The maximum atomic E-state index is 11.5. The molecule has 0 aliphatic heterocycles. The fourth-order valence-corrected chi connectivity index (χ4v) is 4.09. The van der Waals surface area contributed by atoms with Gasteiger partial charge >= 0.3 is 5.97 Å². The summed E-state index contributed by atoms with van der Waals surface area (Å²) >= 11 is 0. The minimum atomic E-state index is -0.561. The van der Waals surface area contributed by atoms with Crippen molar-refractivity contribution in [1.29, 1.82) is 0 Å². The quantitative estimate of drug-likeness (QED) is 0.761. The second-order valence-electron chi connectivity index (χ2n) is 7.12. The van der Waals surface area contributed by atoms with Crippen molar-refractivity contribution in [2.45, 2.75) is 65.5 Å². The molecule has 4 unspecified atom stereocenters. The van der Waals surface area contributed by atoms with Crippen molar-refractivity contribution < 1.29 is 14.3 Å². The van der Waals surface area contributed by atoms with E-state index in [1.165, 1.54) is 12.8 Å². The summed E-state index contributed by atoms with van der Waals surface area (Å²) < 4.78 is 11.0. The molecule has 2 bridgehead atoms. The summed E-state index contributed by atoms with van der Waals surface area (Å²) in [6.45, 7) is 9.82. The summed E-state index contributed by atoms with van der Waals surface area (Å²) in [6.07, 6.45) is 4.57. The van der Waals surface area contributed by atoms with Gasteiger partial charge in [-0.3, -0.25) is 4.79 Å². The monoisotopic (exact) mass is 283 g/mol. The first kappa shape index (κ1) is 15.8. The van der Waals surface area contributed by atoms with Crippen LogP contribution in [0.1, 0.15) is 53.4 Å². The van der Waals surface area contributed by atoms with Gasteiger partial charge in [0.05, 0.1) is 12.7 Å². The summed E-state index contributed by atoms with van der Waals surface area (Å²) in [5, 5.41) is 0. The third-order valence-corrected chi connectivity index (χ3v) is 6.05. The van der Waals surface area contributed by atoms with Gasteiger partial charge in [0, 0.05) is 6.61 Å². The second-order valence-corrected chi connectivity index (χ2v) is 7.12. The van der Waals surface area contributed by atoms with Crippen LogP contribution >= 0.6 is 0 Å². The lowest BCUT2D eigenvalue weighted by Crippen LogP contribution is -2.39. The average molecular weight is 283 g/mol. The number of ether oxygens (including phenoxy) is 2. The van der Waals surface area contributed by atoms with Crippen LogP contribution < -0.4 is 5.73 Å². The van der Waals surface area contributed by atoms with E-state index in [0.717, 1.165) is 12.3 Å². The summed E-state index contributed by atoms with van der Waals surface area (Å²) in [5.41, 5.74) is 6.43. The molecular weight excluding hydrogens is 254 g/mol.